The van der Waals surface area contributed by atoms with Crippen molar-refractivity contribution in [3.63, 3.8) is 0 Å². The molecule has 0 heterocycles. The van der Waals surface area contributed by atoms with Gasteiger partial charge in [-0.1, -0.05) is 6.92 Å². The van der Waals surface area contributed by atoms with Gasteiger partial charge in [0.05, 0.1) is 0 Å². The van der Waals surface area contributed by atoms with Gasteiger partial charge in [-0.15, -0.1) is 6.04 Å². The molecule has 0 aliphatic carbocycles. The third-order valence-electron chi connectivity index (χ3n) is 0. The summed E-state index contributed by atoms with van der Waals surface area (Å²) in [7, 11) is 0. The Morgan fingerprint density at radius 3 is 1.67 bits per heavy atom. The number of rotatable bonds is 0. The van der Waals surface area contributed by atoms with E-state index in [1.807, 2.05) is 6.92 Å². The van der Waals surface area contributed by atoms with Gasteiger partial charge in [-0.3, -0.25) is 0 Å². The maximum atomic E-state index is 5.00. The summed E-state index contributed by atoms with van der Waals surface area (Å²) in [5, 5.41) is 0. The molecule has 1 unspecified atom stereocenters. The molecule has 0 bridgehead atoms. The van der Waals surface area contributed by atoms with Crippen LogP contribution in [-0.2, 0) is 18.6 Å². The molecule has 0 aliphatic heterocycles. The van der Waals surface area contributed by atoms with Crippen molar-refractivity contribution in [3.8, 4) is 0 Å². The van der Waals surface area contributed by atoms with Crippen LogP contribution in [0.5, 0.6) is 0 Å². The number of hydrogen-bond acceptors (Lipinski definition) is 1. The van der Waals surface area contributed by atoms with E-state index in [-0.39, 0.29) is 32.0 Å². The van der Waals surface area contributed by atoms with Crippen molar-refractivity contribution in [2.75, 3.05) is 0 Å². The van der Waals surface area contributed by atoms with E-state index in [4.69, 9.17) is 5.73 Å². The van der Waals surface area contributed by atoms with Gasteiger partial charge < -0.3 is 20.1 Å². The molecule has 1 nitrogen and oxygen atoms in total. The van der Waals surface area contributed by atoms with Crippen LogP contribution in [0.4, 0.5) is 0 Å². The minimum atomic E-state index is 0. The van der Waals surface area contributed by atoms with Gasteiger partial charge in [-0.05, 0) is 0 Å². The van der Waals surface area contributed by atoms with Crippen molar-refractivity contribution in [3.05, 3.63) is 14.4 Å². The monoisotopic (exact) mass is 124 g/mol. The molecular weight excluding hydrogens is 113 g/mol. The number of hydrogen-bond donors (Lipinski definition) is 1. The third-order valence-corrected chi connectivity index (χ3v) is 0. The molecule has 0 saturated carbocycles. The van der Waals surface area contributed by atoms with E-state index in [0.29, 0.717) is 0 Å². The van der Waals surface area contributed by atoms with Crippen molar-refractivity contribution in [1.29, 1.82) is 0 Å². The van der Waals surface area contributed by atoms with Gasteiger partial charge >= 0.3 is 18.6 Å². The third kappa shape index (κ3) is 193. The van der Waals surface area contributed by atoms with Crippen molar-refractivity contribution < 1.29 is 18.6 Å². The molecule has 1 radical (unpaired) electrons. The molecule has 0 saturated heterocycles. The van der Waals surface area contributed by atoms with Gasteiger partial charge in [0.2, 0.25) is 0 Å². The van der Waals surface area contributed by atoms with Crippen molar-refractivity contribution >= 4 is 0 Å². The normalized spacial score (nSPS) is 10.5. The summed E-state index contributed by atoms with van der Waals surface area (Å²) in [6, 6.07) is 0.0833. The molecule has 0 aliphatic rings. The van der Waals surface area contributed by atoms with Gasteiger partial charge in [0.1, 0.15) is 0 Å². The van der Waals surface area contributed by atoms with Crippen LogP contribution in [0.15, 0.2) is 0 Å². The fourth-order valence-electron chi connectivity index (χ4n) is 0. The summed E-state index contributed by atoms with van der Waals surface area (Å²) in [5.74, 6) is 0. The predicted molar refractivity (Wildman–Crippen MR) is 25.4 cm³/mol. The zero-order valence-electron chi connectivity index (χ0n) is 4.31. The van der Waals surface area contributed by atoms with Crippen LogP contribution >= 0.6 is 0 Å². The Hall–Kier alpha value is 0.544. The van der Waals surface area contributed by atoms with Crippen LogP contribution in [0.1, 0.15) is 6.92 Å². The Balaban J connectivity index is -0.0000000450. The molecule has 1 atom stereocenters. The SMILES string of the molecule is [CH2-]C(C)N.[CH3-].[V+2]. The number of nitrogens with two attached hydrogens (primary N) is 1. The molecular formula is C4H11NV. The Bertz CT molecular complexity index is 12.3. The maximum Gasteiger partial charge on any atom is 2.00 e. The maximum absolute atomic E-state index is 5.00. The summed E-state index contributed by atoms with van der Waals surface area (Å²) >= 11 is 0. The van der Waals surface area contributed by atoms with Crippen LogP contribution in [-0.4, -0.2) is 6.04 Å². The van der Waals surface area contributed by atoms with E-state index >= 15 is 0 Å². The molecule has 0 fully saturated rings. The van der Waals surface area contributed by atoms with E-state index in [0.717, 1.165) is 0 Å². The quantitative estimate of drug-likeness (QED) is 0.470. The molecule has 2 heteroatoms. The molecule has 0 aromatic carbocycles. The van der Waals surface area contributed by atoms with Crippen LogP contribution < -0.4 is 5.73 Å². The summed E-state index contributed by atoms with van der Waals surface area (Å²) in [5.41, 5.74) is 5.00. The van der Waals surface area contributed by atoms with Crippen molar-refractivity contribution in [2.45, 2.75) is 13.0 Å². The first-order chi connectivity index (χ1) is 1.73. The molecule has 0 spiro atoms. The molecule has 0 aromatic heterocycles. The van der Waals surface area contributed by atoms with Crippen LogP contribution in [0.2, 0.25) is 0 Å². The average molecular weight is 124 g/mol. The van der Waals surface area contributed by atoms with E-state index in [2.05, 4.69) is 6.92 Å². The first-order valence-corrected chi connectivity index (χ1v) is 1.32. The van der Waals surface area contributed by atoms with Gasteiger partial charge in [0.25, 0.3) is 0 Å². The van der Waals surface area contributed by atoms with E-state index in [1.165, 1.54) is 0 Å². The molecule has 6 heavy (non-hydrogen) atoms. The summed E-state index contributed by atoms with van der Waals surface area (Å²) in [6.45, 7) is 5.25. The molecule has 0 aromatic rings. The molecule has 0 amide bonds. The standard InChI is InChI=1S/C3H8N.CH3.V/c1-3(2)4;;/h3H,1,4H2,2H3;1H3;/q2*-1;+2. The second kappa shape index (κ2) is 9.11. The van der Waals surface area contributed by atoms with Crippen molar-refractivity contribution in [2.24, 2.45) is 5.73 Å². The zero-order chi connectivity index (χ0) is 3.58. The smallest absolute Gasteiger partial charge is 0.358 e. The first-order valence-electron chi connectivity index (χ1n) is 1.32. The van der Waals surface area contributed by atoms with Gasteiger partial charge in [-0.25, -0.2) is 0 Å². The second-order valence-electron chi connectivity index (χ2n) is 0.977. The summed E-state index contributed by atoms with van der Waals surface area (Å²) < 4.78 is 0. The largest absolute Gasteiger partial charge is 2.00 e. The van der Waals surface area contributed by atoms with E-state index in [9.17, 15) is 0 Å². The van der Waals surface area contributed by atoms with Gasteiger partial charge in [0.15, 0.2) is 0 Å². The summed E-state index contributed by atoms with van der Waals surface area (Å²) in [6.07, 6.45) is 0. The minimum Gasteiger partial charge on any atom is -0.358 e. The average Bonchev–Trinajstić information content (AvgIpc) is 0.811. The first kappa shape index (κ1) is 16.0. The topological polar surface area (TPSA) is 26.0 Å². The van der Waals surface area contributed by atoms with E-state index in [1.54, 1.807) is 0 Å². The van der Waals surface area contributed by atoms with Crippen LogP contribution in [0.3, 0.4) is 0 Å². The van der Waals surface area contributed by atoms with Crippen LogP contribution in [0, 0.1) is 14.4 Å². The molecule has 2 N–H and O–H groups in total. The van der Waals surface area contributed by atoms with Gasteiger partial charge in [0, 0.05) is 0 Å². The fourth-order valence-corrected chi connectivity index (χ4v) is 0. The van der Waals surface area contributed by atoms with Gasteiger partial charge in [-0.2, -0.15) is 0 Å². The minimum absolute atomic E-state index is 0. The Kier molecular flexibility index (Phi) is 24.3. The Morgan fingerprint density at radius 1 is 1.67 bits per heavy atom. The van der Waals surface area contributed by atoms with Crippen LogP contribution in [0.25, 0.3) is 0 Å². The molecule has 37 valence electrons. The van der Waals surface area contributed by atoms with E-state index < -0.39 is 0 Å². The molecule has 0 rings (SSSR count). The van der Waals surface area contributed by atoms with Crippen molar-refractivity contribution in [1.82, 2.24) is 0 Å². The fraction of sp³-hybridized carbons (Fsp3) is 0.500. The Morgan fingerprint density at radius 2 is 1.67 bits per heavy atom. The second-order valence-corrected chi connectivity index (χ2v) is 0.977. The summed E-state index contributed by atoms with van der Waals surface area (Å²) in [4.78, 5) is 0. The Labute approximate surface area is 52.2 Å². The predicted octanol–water partition coefficient (Wildman–Crippen LogP) is 0.615. The zero-order valence-corrected chi connectivity index (χ0v) is 5.71.